The van der Waals surface area contributed by atoms with Crippen LogP contribution in [0.15, 0.2) is 6.07 Å². The molecule has 0 bridgehead atoms. The van der Waals surface area contributed by atoms with Gasteiger partial charge in [0, 0.05) is 36.8 Å². The van der Waals surface area contributed by atoms with E-state index in [1.54, 1.807) is 0 Å². The van der Waals surface area contributed by atoms with Gasteiger partial charge in [-0.25, -0.2) is 8.78 Å². The Morgan fingerprint density at radius 1 is 1.21 bits per heavy atom. The van der Waals surface area contributed by atoms with Crippen molar-refractivity contribution in [1.29, 1.82) is 0 Å². The summed E-state index contributed by atoms with van der Waals surface area (Å²) < 4.78 is 27.4. The number of amides is 1. The van der Waals surface area contributed by atoms with Crippen LogP contribution >= 0.6 is 11.6 Å². The van der Waals surface area contributed by atoms with Crippen molar-refractivity contribution in [3.05, 3.63) is 33.9 Å². The first-order valence-corrected chi connectivity index (χ1v) is 6.41. The van der Waals surface area contributed by atoms with Crippen LogP contribution in [0.1, 0.15) is 15.9 Å². The maximum atomic E-state index is 13.8. The van der Waals surface area contributed by atoms with Gasteiger partial charge in [-0.2, -0.15) is 0 Å². The molecule has 1 aliphatic heterocycles. The summed E-state index contributed by atoms with van der Waals surface area (Å²) in [7, 11) is 1.95. The Hall–Kier alpha value is -1.20. The SMILES string of the molecule is Cc1c(Cl)cc(C(=O)N2CCN(C)CC2)c(F)c1F. The van der Waals surface area contributed by atoms with Crippen molar-refractivity contribution in [1.82, 2.24) is 9.80 Å². The number of halogens is 3. The molecule has 1 amide bonds. The first kappa shape index (κ1) is 14.2. The second-order valence-electron chi connectivity index (χ2n) is 4.75. The van der Waals surface area contributed by atoms with Gasteiger partial charge in [0.25, 0.3) is 5.91 Å². The van der Waals surface area contributed by atoms with Crippen LogP contribution in [-0.4, -0.2) is 48.9 Å². The summed E-state index contributed by atoms with van der Waals surface area (Å²) in [6.45, 7) is 3.82. The van der Waals surface area contributed by atoms with Gasteiger partial charge in [-0.15, -0.1) is 0 Å². The highest BCUT2D eigenvalue weighted by Crippen LogP contribution is 2.25. The molecule has 0 saturated carbocycles. The lowest BCUT2D eigenvalue weighted by molar-refractivity contribution is 0.0658. The van der Waals surface area contributed by atoms with E-state index in [1.807, 2.05) is 7.05 Å². The number of carbonyl (C=O) groups excluding carboxylic acids is 1. The number of hydrogen-bond acceptors (Lipinski definition) is 2. The number of benzene rings is 1. The molecule has 6 heteroatoms. The summed E-state index contributed by atoms with van der Waals surface area (Å²) in [5.74, 6) is -2.68. The zero-order chi connectivity index (χ0) is 14.2. The first-order chi connectivity index (χ1) is 8.91. The molecule has 1 aromatic carbocycles. The summed E-state index contributed by atoms with van der Waals surface area (Å²) in [5, 5.41) is 0.0661. The minimum Gasteiger partial charge on any atom is -0.336 e. The fourth-order valence-corrected chi connectivity index (χ4v) is 2.21. The summed E-state index contributed by atoms with van der Waals surface area (Å²) >= 11 is 5.81. The van der Waals surface area contributed by atoms with E-state index in [4.69, 9.17) is 11.6 Å². The average Bonchev–Trinajstić information content (AvgIpc) is 2.40. The van der Waals surface area contributed by atoms with E-state index in [2.05, 4.69) is 4.90 Å². The third kappa shape index (κ3) is 2.72. The molecule has 3 nitrogen and oxygen atoms in total. The number of nitrogens with zero attached hydrogens (tertiary/aromatic N) is 2. The topological polar surface area (TPSA) is 23.6 Å². The van der Waals surface area contributed by atoms with Gasteiger partial charge in [0.2, 0.25) is 0 Å². The zero-order valence-electron chi connectivity index (χ0n) is 10.8. The quantitative estimate of drug-likeness (QED) is 0.741. The highest BCUT2D eigenvalue weighted by molar-refractivity contribution is 6.31. The smallest absolute Gasteiger partial charge is 0.257 e. The van der Waals surface area contributed by atoms with Gasteiger partial charge in [-0.3, -0.25) is 4.79 Å². The zero-order valence-corrected chi connectivity index (χ0v) is 11.6. The Morgan fingerprint density at radius 2 is 1.79 bits per heavy atom. The first-order valence-electron chi connectivity index (χ1n) is 6.03. The van der Waals surface area contributed by atoms with Crippen LogP contribution < -0.4 is 0 Å². The molecule has 1 saturated heterocycles. The van der Waals surface area contributed by atoms with E-state index < -0.39 is 17.5 Å². The third-order valence-electron chi connectivity index (χ3n) is 3.41. The lowest BCUT2D eigenvalue weighted by Crippen LogP contribution is -2.47. The standard InChI is InChI=1S/C13H15ClF2N2O/c1-8-10(14)7-9(12(16)11(8)15)13(19)18-5-3-17(2)4-6-18/h7H,3-6H2,1-2H3. The molecule has 0 aliphatic carbocycles. The predicted molar refractivity (Wildman–Crippen MR) is 69.5 cm³/mol. The Kier molecular flexibility index (Phi) is 4.06. The fourth-order valence-electron chi connectivity index (χ4n) is 2.02. The van der Waals surface area contributed by atoms with Gasteiger partial charge >= 0.3 is 0 Å². The van der Waals surface area contributed by atoms with Gasteiger partial charge in [0.05, 0.1) is 5.56 Å². The molecule has 1 heterocycles. The Balaban J connectivity index is 2.29. The molecule has 0 spiro atoms. The molecule has 0 aromatic heterocycles. The molecule has 1 fully saturated rings. The van der Waals surface area contributed by atoms with E-state index in [0.717, 1.165) is 13.1 Å². The molecule has 19 heavy (non-hydrogen) atoms. The molecule has 0 N–H and O–H groups in total. The number of carbonyl (C=O) groups is 1. The molecule has 1 aliphatic rings. The fraction of sp³-hybridized carbons (Fsp3) is 0.462. The molecule has 0 unspecified atom stereocenters. The van der Waals surface area contributed by atoms with Gasteiger partial charge in [0.15, 0.2) is 11.6 Å². The van der Waals surface area contributed by atoms with Crippen molar-refractivity contribution in [2.45, 2.75) is 6.92 Å². The summed E-state index contributed by atoms with van der Waals surface area (Å²) in [6.07, 6.45) is 0. The van der Waals surface area contributed by atoms with Crippen molar-refractivity contribution in [2.75, 3.05) is 33.2 Å². The Morgan fingerprint density at radius 3 is 2.37 bits per heavy atom. The minimum atomic E-state index is -1.12. The van der Waals surface area contributed by atoms with Crippen molar-refractivity contribution in [3.63, 3.8) is 0 Å². The summed E-state index contributed by atoms with van der Waals surface area (Å²) in [4.78, 5) is 15.8. The molecule has 104 valence electrons. The largest absolute Gasteiger partial charge is 0.336 e. The van der Waals surface area contributed by atoms with Crippen LogP contribution in [0.2, 0.25) is 5.02 Å². The number of hydrogen-bond donors (Lipinski definition) is 0. The molecule has 1 aromatic rings. The highest BCUT2D eigenvalue weighted by atomic mass is 35.5. The number of likely N-dealkylation sites (N-methyl/N-ethyl adjacent to an activating group) is 1. The number of piperazine rings is 1. The van der Waals surface area contributed by atoms with E-state index in [0.29, 0.717) is 13.1 Å². The third-order valence-corrected chi connectivity index (χ3v) is 3.80. The Bertz CT molecular complexity index is 514. The molecule has 2 rings (SSSR count). The van der Waals surface area contributed by atoms with Crippen molar-refractivity contribution in [3.8, 4) is 0 Å². The van der Waals surface area contributed by atoms with Crippen LogP contribution in [0.3, 0.4) is 0 Å². The van der Waals surface area contributed by atoms with Gasteiger partial charge in [-0.05, 0) is 20.0 Å². The van der Waals surface area contributed by atoms with Gasteiger partial charge < -0.3 is 9.80 Å². The maximum absolute atomic E-state index is 13.8. The predicted octanol–water partition coefficient (Wildman–Crippen LogP) is 2.31. The summed E-state index contributed by atoms with van der Waals surface area (Å²) in [5.41, 5.74) is -0.272. The monoisotopic (exact) mass is 288 g/mol. The Labute approximate surface area is 115 Å². The van der Waals surface area contributed by atoms with Gasteiger partial charge in [0.1, 0.15) is 0 Å². The van der Waals surface area contributed by atoms with Crippen LogP contribution in [0.5, 0.6) is 0 Å². The van der Waals surface area contributed by atoms with E-state index >= 15 is 0 Å². The maximum Gasteiger partial charge on any atom is 0.257 e. The van der Waals surface area contributed by atoms with Crippen LogP contribution in [0, 0.1) is 18.6 Å². The molecular weight excluding hydrogens is 274 g/mol. The van der Waals surface area contributed by atoms with Crippen molar-refractivity contribution < 1.29 is 13.6 Å². The number of rotatable bonds is 1. The van der Waals surface area contributed by atoms with Crippen molar-refractivity contribution in [2.24, 2.45) is 0 Å². The molecule has 0 atom stereocenters. The minimum absolute atomic E-state index is 0.0223. The van der Waals surface area contributed by atoms with Crippen LogP contribution in [0.4, 0.5) is 8.78 Å². The van der Waals surface area contributed by atoms with Crippen LogP contribution in [-0.2, 0) is 0 Å². The van der Waals surface area contributed by atoms with Crippen LogP contribution in [0.25, 0.3) is 0 Å². The molecule has 0 radical (unpaired) electrons. The average molecular weight is 289 g/mol. The summed E-state index contributed by atoms with van der Waals surface area (Å²) in [6, 6.07) is 1.20. The molecular formula is C13H15ClF2N2O. The van der Waals surface area contributed by atoms with E-state index in [1.165, 1.54) is 17.9 Å². The van der Waals surface area contributed by atoms with E-state index in [-0.39, 0.29) is 16.1 Å². The lowest BCUT2D eigenvalue weighted by Gasteiger charge is -2.32. The van der Waals surface area contributed by atoms with Gasteiger partial charge in [-0.1, -0.05) is 11.6 Å². The second-order valence-corrected chi connectivity index (χ2v) is 5.16. The van der Waals surface area contributed by atoms with E-state index in [9.17, 15) is 13.6 Å². The van der Waals surface area contributed by atoms with Crippen molar-refractivity contribution >= 4 is 17.5 Å². The normalized spacial score (nSPS) is 16.8. The lowest BCUT2D eigenvalue weighted by atomic mass is 10.1. The highest BCUT2D eigenvalue weighted by Gasteiger charge is 2.26. The second kappa shape index (κ2) is 5.43.